The fourth-order valence-electron chi connectivity index (χ4n) is 5.71. The van der Waals surface area contributed by atoms with E-state index >= 15 is 0 Å². The number of carboxylic acid groups (broad SMARTS) is 1. The maximum Gasteiger partial charge on any atom is 0.407 e. The van der Waals surface area contributed by atoms with Crippen LogP contribution in [0.2, 0.25) is 0 Å². The number of non-ortho nitro benzene ring substituents is 1. The van der Waals surface area contributed by atoms with Crippen LogP contribution in [0.1, 0.15) is 69.9 Å². The molecular formula is C36H46N4O9S. The van der Waals surface area contributed by atoms with Gasteiger partial charge in [0.05, 0.1) is 16.9 Å². The predicted molar refractivity (Wildman–Crippen MR) is 188 cm³/mol. The summed E-state index contributed by atoms with van der Waals surface area (Å²) >= 11 is 0. The van der Waals surface area contributed by atoms with Crippen LogP contribution in [0.15, 0.2) is 89.8 Å². The summed E-state index contributed by atoms with van der Waals surface area (Å²) in [5.41, 5.74) is 1.30. The lowest BCUT2D eigenvalue weighted by Gasteiger charge is -2.30. The average molecular weight is 711 g/mol. The summed E-state index contributed by atoms with van der Waals surface area (Å²) in [6, 6.07) is 20.0. The third-order valence-electron chi connectivity index (χ3n) is 8.47. The van der Waals surface area contributed by atoms with E-state index in [0.717, 1.165) is 39.7 Å². The smallest absolute Gasteiger partial charge is 0.407 e. The molecule has 0 bridgehead atoms. The van der Waals surface area contributed by atoms with Crippen LogP contribution in [0.25, 0.3) is 0 Å². The number of aliphatic carboxylic acids is 1. The second-order valence-corrected chi connectivity index (χ2v) is 14.3. The molecule has 270 valence electrons. The van der Waals surface area contributed by atoms with Crippen molar-refractivity contribution in [3.8, 4) is 0 Å². The van der Waals surface area contributed by atoms with E-state index in [0.29, 0.717) is 19.3 Å². The Kier molecular flexibility index (Phi) is 14.9. The molecule has 13 nitrogen and oxygen atoms in total. The van der Waals surface area contributed by atoms with Crippen LogP contribution in [-0.4, -0.2) is 72.5 Å². The molecule has 0 aliphatic rings. The number of nitrogens with one attached hydrogen (secondary N) is 2. The minimum absolute atomic E-state index is 0.0491. The molecule has 0 saturated carbocycles. The van der Waals surface area contributed by atoms with Gasteiger partial charge in [-0.25, -0.2) is 13.2 Å². The lowest BCUT2D eigenvalue weighted by Crippen LogP contribution is -2.52. The van der Waals surface area contributed by atoms with E-state index in [1.54, 1.807) is 0 Å². The van der Waals surface area contributed by atoms with Crippen LogP contribution in [-0.2, 0) is 24.3 Å². The zero-order chi connectivity index (χ0) is 36.8. The maximum atomic E-state index is 14.0. The molecule has 2 amide bonds. The van der Waals surface area contributed by atoms with Crippen molar-refractivity contribution < 1.29 is 37.6 Å². The molecule has 3 rings (SSSR count). The molecule has 0 fully saturated rings. The molecule has 3 aromatic carbocycles. The molecule has 50 heavy (non-hydrogen) atoms. The second kappa shape index (κ2) is 18.8. The fourth-order valence-corrected chi connectivity index (χ4v) is 7.33. The summed E-state index contributed by atoms with van der Waals surface area (Å²) in [5.74, 6) is -2.29. The summed E-state index contributed by atoms with van der Waals surface area (Å²) in [6.07, 6.45) is 0.617. The van der Waals surface area contributed by atoms with Crippen LogP contribution in [0, 0.1) is 16.0 Å². The van der Waals surface area contributed by atoms with E-state index in [1.165, 1.54) is 7.11 Å². The number of ether oxygens (including phenoxy) is 1. The lowest BCUT2D eigenvalue weighted by atomic mass is 9.84. The number of rotatable bonds is 19. The van der Waals surface area contributed by atoms with Gasteiger partial charge < -0.3 is 20.5 Å². The van der Waals surface area contributed by atoms with Gasteiger partial charge in [0.25, 0.3) is 5.69 Å². The fraction of sp³-hybridized carbons (Fsp3) is 0.417. The summed E-state index contributed by atoms with van der Waals surface area (Å²) in [5, 5.41) is 27.1. The summed E-state index contributed by atoms with van der Waals surface area (Å²) in [4.78, 5) is 49.3. The Morgan fingerprint density at radius 1 is 0.880 bits per heavy atom. The zero-order valence-electron chi connectivity index (χ0n) is 28.7. The standard InChI is InChI=1S/C36H46N4O9S/c1-5-28(37-34(41)33(38-36(44)49-4)32(26-13-8-6-9-14-26)27-15-10-7-11-16-27)17-12-18-31(35(42)43)39(24-23-25(2)3)50(47,48)30-21-19-29(20-22-30)40(45)46/h6-11,13-16,19-22,25,28,31-33H,5,12,17-18,23-24H2,1-4H3,(H,37,41)(H,38,44)(H,42,43)/t28-,31-,33-/m0/s1. The number of carboxylic acids is 1. The molecule has 0 aliphatic heterocycles. The largest absolute Gasteiger partial charge is 0.480 e. The monoisotopic (exact) mass is 710 g/mol. The third kappa shape index (κ3) is 10.8. The number of carbonyl (C=O) groups is 3. The SMILES string of the molecule is CC[C@@H](CCC[C@@H](C(=O)O)N(CCC(C)C)S(=O)(=O)c1ccc([N+](=O)[O-])cc1)NC(=O)[C@@H](NC(=O)OC)C(c1ccccc1)c1ccccc1. The number of hydrogen-bond donors (Lipinski definition) is 3. The van der Waals surface area contributed by atoms with Crippen LogP contribution in [0.5, 0.6) is 0 Å². The normalized spacial score (nSPS) is 13.4. The summed E-state index contributed by atoms with van der Waals surface area (Å²) < 4.78 is 33.3. The average Bonchev–Trinajstić information content (AvgIpc) is 3.10. The minimum atomic E-state index is -4.34. The zero-order valence-corrected chi connectivity index (χ0v) is 29.5. The highest BCUT2D eigenvalue weighted by Gasteiger charge is 2.37. The number of amides is 2. The number of alkyl carbamates (subject to hydrolysis) is 1. The Labute approximate surface area is 293 Å². The molecule has 0 saturated heterocycles. The maximum absolute atomic E-state index is 14.0. The van der Waals surface area contributed by atoms with Crippen molar-refractivity contribution in [2.24, 2.45) is 5.92 Å². The van der Waals surface area contributed by atoms with Gasteiger partial charge in [0.1, 0.15) is 12.1 Å². The van der Waals surface area contributed by atoms with Crippen molar-refractivity contribution in [3.63, 3.8) is 0 Å². The van der Waals surface area contributed by atoms with E-state index in [4.69, 9.17) is 4.74 Å². The van der Waals surface area contributed by atoms with Gasteiger partial charge in [-0.3, -0.25) is 19.7 Å². The first-order valence-corrected chi connectivity index (χ1v) is 18.0. The molecule has 3 aromatic rings. The highest BCUT2D eigenvalue weighted by Crippen LogP contribution is 2.29. The van der Waals surface area contributed by atoms with Crippen LogP contribution < -0.4 is 10.6 Å². The van der Waals surface area contributed by atoms with Gasteiger partial charge in [0.15, 0.2) is 0 Å². The van der Waals surface area contributed by atoms with E-state index in [-0.39, 0.29) is 35.9 Å². The summed E-state index contributed by atoms with van der Waals surface area (Å²) in [7, 11) is -3.13. The molecule has 0 aromatic heterocycles. The van der Waals surface area contributed by atoms with Crippen LogP contribution in [0.3, 0.4) is 0 Å². The Hall–Kier alpha value is -4.82. The van der Waals surface area contributed by atoms with Gasteiger partial charge >= 0.3 is 12.1 Å². The van der Waals surface area contributed by atoms with Gasteiger partial charge in [-0.1, -0.05) is 81.4 Å². The number of benzene rings is 3. The first-order valence-electron chi connectivity index (χ1n) is 16.5. The molecule has 3 N–H and O–H groups in total. The van der Waals surface area contributed by atoms with Crippen molar-refractivity contribution in [3.05, 3.63) is 106 Å². The number of nitro groups is 1. The molecule has 0 radical (unpaired) electrons. The minimum Gasteiger partial charge on any atom is -0.480 e. The number of nitrogens with zero attached hydrogens (tertiary/aromatic N) is 2. The Bertz CT molecular complexity index is 1630. The molecular weight excluding hydrogens is 664 g/mol. The van der Waals surface area contributed by atoms with E-state index in [1.807, 2.05) is 81.4 Å². The first-order chi connectivity index (χ1) is 23.8. The number of methoxy groups -OCH3 is 1. The third-order valence-corrected chi connectivity index (χ3v) is 10.4. The van der Waals surface area contributed by atoms with Crippen LogP contribution >= 0.6 is 0 Å². The number of carbonyl (C=O) groups excluding carboxylic acids is 2. The molecule has 0 spiro atoms. The van der Waals surface area contributed by atoms with Crippen molar-refractivity contribution in [1.29, 1.82) is 0 Å². The first kappa shape index (κ1) is 39.6. The quantitative estimate of drug-likeness (QED) is 0.104. The van der Waals surface area contributed by atoms with Gasteiger partial charge in [-0.05, 0) is 61.3 Å². The molecule has 0 unspecified atom stereocenters. The molecule has 0 heterocycles. The van der Waals surface area contributed by atoms with Crippen molar-refractivity contribution in [1.82, 2.24) is 14.9 Å². The highest BCUT2D eigenvalue weighted by atomic mass is 32.2. The van der Waals surface area contributed by atoms with Crippen molar-refractivity contribution in [2.75, 3.05) is 13.7 Å². The Morgan fingerprint density at radius 2 is 1.44 bits per heavy atom. The van der Waals surface area contributed by atoms with E-state index < -0.39 is 57.0 Å². The van der Waals surface area contributed by atoms with Gasteiger partial charge in [-0.15, -0.1) is 0 Å². The number of hydrogen-bond acceptors (Lipinski definition) is 8. The van der Waals surface area contributed by atoms with Crippen molar-refractivity contribution >= 4 is 33.7 Å². The van der Waals surface area contributed by atoms with Crippen molar-refractivity contribution in [2.45, 2.75) is 81.8 Å². The predicted octanol–water partition coefficient (Wildman–Crippen LogP) is 5.71. The number of nitro benzene ring substituents is 1. The topological polar surface area (TPSA) is 185 Å². The van der Waals surface area contributed by atoms with E-state index in [2.05, 4.69) is 10.6 Å². The molecule has 14 heteroatoms. The second-order valence-electron chi connectivity index (χ2n) is 12.4. The van der Waals surface area contributed by atoms with Crippen LogP contribution in [0.4, 0.5) is 10.5 Å². The number of sulfonamides is 1. The Balaban J connectivity index is 1.83. The van der Waals surface area contributed by atoms with E-state index in [9.17, 15) is 38.0 Å². The Morgan fingerprint density at radius 3 is 1.90 bits per heavy atom. The van der Waals surface area contributed by atoms with Gasteiger partial charge in [-0.2, -0.15) is 4.31 Å². The lowest BCUT2D eigenvalue weighted by molar-refractivity contribution is -0.384. The molecule has 0 aliphatic carbocycles. The van der Waals surface area contributed by atoms with Gasteiger partial charge in [0.2, 0.25) is 15.9 Å². The highest BCUT2D eigenvalue weighted by molar-refractivity contribution is 7.89. The summed E-state index contributed by atoms with van der Waals surface area (Å²) in [6.45, 7) is 5.58. The van der Waals surface area contributed by atoms with Gasteiger partial charge in [0, 0.05) is 30.6 Å². The molecule has 3 atom stereocenters.